The minimum absolute atomic E-state index is 0.180. The second-order valence-corrected chi connectivity index (χ2v) is 5.79. The Morgan fingerprint density at radius 3 is 2.48 bits per heavy atom. The standard InChI is InChI=1S/C18H23FN2O2/c19-16-8-6-15(7-9-16)13-21-18(23)12-17(22)20-11-10-14-4-2-1-3-5-14/h4,6-9H,1-3,5,10-13H2,(H,20,22)(H,21,23). The van der Waals surface area contributed by atoms with E-state index in [4.69, 9.17) is 0 Å². The zero-order chi connectivity index (χ0) is 16.5. The summed E-state index contributed by atoms with van der Waals surface area (Å²) in [6.45, 7) is 0.870. The lowest BCUT2D eigenvalue weighted by molar-refractivity contribution is -0.129. The first kappa shape index (κ1) is 17.2. The van der Waals surface area contributed by atoms with Gasteiger partial charge in [-0.2, -0.15) is 0 Å². The molecule has 0 heterocycles. The zero-order valence-corrected chi connectivity index (χ0v) is 13.2. The molecule has 2 amide bonds. The Kier molecular flexibility index (Phi) is 6.78. The molecular formula is C18H23FN2O2. The Morgan fingerprint density at radius 2 is 1.78 bits per heavy atom. The maximum Gasteiger partial charge on any atom is 0.229 e. The van der Waals surface area contributed by atoms with Gasteiger partial charge >= 0.3 is 0 Å². The van der Waals surface area contributed by atoms with E-state index in [1.54, 1.807) is 12.1 Å². The average Bonchev–Trinajstić information content (AvgIpc) is 2.55. The first-order valence-electron chi connectivity index (χ1n) is 8.09. The van der Waals surface area contributed by atoms with Crippen molar-refractivity contribution in [1.29, 1.82) is 0 Å². The Bertz CT molecular complexity index is 567. The summed E-state index contributed by atoms with van der Waals surface area (Å²) < 4.78 is 12.8. The Balaban J connectivity index is 1.61. The van der Waals surface area contributed by atoms with Gasteiger partial charge in [0, 0.05) is 13.1 Å². The second-order valence-electron chi connectivity index (χ2n) is 5.79. The topological polar surface area (TPSA) is 58.2 Å². The number of carbonyl (C=O) groups is 2. The molecule has 5 heteroatoms. The summed E-state index contributed by atoms with van der Waals surface area (Å²) in [5.41, 5.74) is 2.20. The average molecular weight is 318 g/mol. The first-order valence-corrected chi connectivity index (χ1v) is 8.09. The van der Waals surface area contributed by atoms with Crippen molar-refractivity contribution in [3.05, 3.63) is 47.3 Å². The number of hydrogen-bond donors (Lipinski definition) is 2. The maximum absolute atomic E-state index is 12.8. The molecule has 0 radical (unpaired) electrons. The second kappa shape index (κ2) is 9.08. The molecule has 4 nitrogen and oxygen atoms in total. The molecule has 2 N–H and O–H groups in total. The van der Waals surface area contributed by atoms with Gasteiger partial charge in [0.05, 0.1) is 0 Å². The Hall–Kier alpha value is -2.17. The third-order valence-corrected chi connectivity index (χ3v) is 3.88. The van der Waals surface area contributed by atoms with Crippen LogP contribution in [-0.4, -0.2) is 18.4 Å². The number of benzene rings is 1. The van der Waals surface area contributed by atoms with E-state index in [1.807, 2.05) is 0 Å². The van der Waals surface area contributed by atoms with E-state index < -0.39 is 0 Å². The van der Waals surface area contributed by atoms with Crippen LogP contribution in [0.25, 0.3) is 0 Å². The van der Waals surface area contributed by atoms with E-state index in [0.29, 0.717) is 13.1 Å². The van der Waals surface area contributed by atoms with Gasteiger partial charge in [0.1, 0.15) is 12.2 Å². The molecule has 23 heavy (non-hydrogen) atoms. The molecule has 0 aliphatic heterocycles. The molecule has 124 valence electrons. The molecule has 0 saturated heterocycles. The van der Waals surface area contributed by atoms with Gasteiger partial charge in [-0.3, -0.25) is 9.59 Å². The Morgan fingerprint density at radius 1 is 1.04 bits per heavy atom. The van der Waals surface area contributed by atoms with Crippen LogP contribution in [0.5, 0.6) is 0 Å². The fraction of sp³-hybridized carbons (Fsp3) is 0.444. The van der Waals surface area contributed by atoms with Crippen LogP contribution in [-0.2, 0) is 16.1 Å². The lowest BCUT2D eigenvalue weighted by Crippen LogP contribution is -2.32. The van der Waals surface area contributed by atoms with Gasteiger partial charge in [-0.05, 0) is 49.8 Å². The van der Waals surface area contributed by atoms with Gasteiger partial charge in [0.25, 0.3) is 0 Å². The van der Waals surface area contributed by atoms with Crippen molar-refractivity contribution in [1.82, 2.24) is 10.6 Å². The lowest BCUT2D eigenvalue weighted by Gasteiger charge is -2.13. The van der Waals surface area contributed by atoms with Gasteiger partial charge in [-0.25, -0.2) is 4.39 Å². The van der Waals surface area contributed by atoms with E-state index in [0.717, 1.165) is 24.8 Å². The van der Waals surface area contributed by atoms with Gasteiger partial charge in [0.2, 0.25) is 11.8 Å². The number of hydrogen-bond acceptors (Lipinski definition) is 2. The summed E-state index contributed by atoms with van der Waals surface area (Å²) >= 11 is 0. The van der Waals surface area contributed by atoms with Crippen LogP contribution < -0.4 is 10.6 Å². The number of halogens is 1. The quantitative estimate of drug-likeness (QED) is 0.600. The van der Waals surface area contributed by atoms with Crippen LogP contribution in [0.3, 0.4) is 0 Å². The highest BCUT2D eigenvalue weighted by Crippen LogP contribution is 2.19. The van der Waals surface area contributed by atoms with E-state index in [9.17, 15) is 14.0 Å². The highest BCUT2D eigenvalue weighted by atomic mass is 19.1. The summed E-state index contributed by atoms with van der Waals surface area (Å²) in [6, 6.07) is 5.89. The zero-order valence-electron chi connectivity index (χ0n) is 13.2. The van der Waals surface area contributed by atoms with Crippen molar-refractivity contribution in [2.75, 3.05) is 6.54 Å². The van der Waals surface area contributed by atoms with Crippen molar-refractivity contribution in [2.45, 2.75) is 45.1 Å². The molecule has 0 unspecified atom stereocenters. The lowest BCUT2D eigenvalue weighted by atomic mass is 9.97. The minimum atomic E-state index is -0.330. The molecule has 2 rings (SSSR count). The predicted octanol–water partition coefficient (Wildman–Crippen LogP) is 2.84. The van der Waals surface area contributed by atoms with E-state index >= 15 is 0 Å². The van der Waals surface area contributed by atoms with Crippen molar-refractivity contribution >= 4 is 11.8 Å². The molecular weight excluding hydrogens is 295 g/mol. The van der Waals surface area contributed by atoms with Crippen molar-refractivity contribution in [3.63, 3.8) is 0 Å². The number of nitrogens with one attached hydrogen (secondary N) is 2. The molecule has 0 spiro atoms. The van der Waals surface area contributed by atoms with Crippen molar-refractivity contribution in [2.24, 2.45) is 0 Å². The third kappa shape index (κ3) is 6.63. The highest BCUT2D eigenvalue weighted by Gasteiger charge is 2.09. The van der Waals surface area contributed by atoms with Crippen LogP contribution in [0.2, 0.25) is 0 Å². The van der Waals surface area contributed by atoms with E-state index in [2.05, 4.69) is 16.7 Å². The number of allylic oxidation sites excluding steroid dienone is 1. The van der Waals surface area contributed by atoms with E-state index in [-0.39, 0.29) is 24.1 Å². The molecule has 1 aromatic rings. The molecule has 1 aromatic carbocycles. The smallest absolute Gasteiger partial charge is 0.229 e. The van der Waals surface area contributed by atoms with Crippen LogP contribution >= 0.6 is 0 Å². The molecule has 1 aliphatic carbocycles. The molecule has 0 fully saturated rings. The molecule has 0 saturated carbocycles. The molecule has 0 aromatic heterocycles. The van der Waals surface area contributed by atoms with Crippen molar-refractivity contribution in [3.8, 4) is 0 Å². The fourth-order valence-corrected chi connectivity index (χ4v) is 2.57. The minimum Gasteiger partial charge on any atom is -0.355 e. The summed E-state index contributed by atoms with van der Waals surface area (Å²) in [6.07, 6.45) is 7.67. The highest BCUT2D eigenvalue weighted by molar-refractivity contribution is 5.96. The number of amides is 2. The number of rotatable bonds is 7. The first-order chi connectivity index (χ1) is 11.1. The van der Waals surface area contributed by atoms with Crippen LogP contribution in [0.1, 0.15) is 44.1 Å². The van der Waals surface area contributed by atoms with E-state index in [1.165, 1.54) is 30.5 Å². The van der Waals surface area contributed by atoms with Crippen LogP contribution in [0.4, 0.5) is 4.39 Å². The number of carbonyl (C=O) groups excluding carboxylic acids is 2. The largest absolute Gasteiger partial charge is 0.355 e. The molecule has 1 aliphatic rings. The van der Waals surface area contributed by atoms with Gasteiger partial charge in [-0.1, -0.05) is 23.8 Å². The maximum atomic E-state index is 12.8. The monoisotopic (exact) mass is 318 g/mol. The van der Waals surface area contributed by atoms with Gasteiger partial charge < -0.3 is 10.6 Å². The molecule has 0 atom stereocenters. The van der Waals surface area contributed by atoms with Crippen LogP contribution in [0.15, 0.2) is 35.9 Å². The predicted molar refractivity (Wildman–Crippen MR) is 87.0 cm³/mol. The summed E-state index contributed by atoms with van der Waals surface area (Å²) in [5.74, 6) is -0.908. The third-order valence-electron chi connectivity index (χ3n) is 3.88. The SMILES string of the molecule is O=C(CC(=O)NCc1ccc(F)cc1)NCCC1=CCCCC1. The summed E-state index contributed by atoms with van der Waals surface area (Å²) in [7, 11) is 0. The molecule has 0 bridgehead atoms. The summed E-state index contributed by atoms with van der Waals surface area (Å²) in [5, 5.41) is 5.43. The normalized spacial score (nSPS) is 14.0. The Labute approximate surface area is 136 Å². The van der Waals surface area contributed by atoms with Crippen LogP contribution in [0, 0.1) is 5.82 Å². The van der Waals surface area contributed by atoms with Crippen molar-refractivity contribution < 1.29 is 14.0 Å². The van der Waals surface area contributed by atoms with Gasteiger partial charge in [-0.15, -0.1) is 0 Å². The van der Waals surface area contributed by atoms with Gasteiger partial charge in [0.15, 0.2) is 0 Å². The summed E-state index contributed by atoms with van der Waals surface area (Å²) in [4.78, 5) is 23.4. The fourth-order valence-electron chi connectivity index (χ4n) is 2.57.